The molecule has 24 heavy (non-hydrogen) atoms. The number of nitrogens with one attached hydrogen (secondary N) is 1. The minimum Gasteiger partial charge on any atom is -0.461 e. The Bertz CT molecular complexity index is 695. The molecule has 0 unspecified atom stereocenters. The highest BCUT2D eigenvalue weighted by Gasteiger charge is 2.20. The summed E-state index contributed by atoms with van der Waals surface area (Å²) in [5.74, 6) is 1.82. The molecular weight excluding hydrogens is 322 g/mol. The lowest BCUT2D eigenvalue weighted by molar-refractivity contribution is 0.0946. The van der Waals surface area contributed by atoms with Gasteiger partial charge >= 0.3 is 0 Å². The fourth-order valence-electron chi connectivity index (χ4n) is 3.25. The van der Waals surface area contributed by atoms with Gasteiger partial charge in [0, 0.05) is 6.54 Å². The molecule has 0 atom stereocenters. The molecule has 0 saturated heterocycles. The first kappa shape index (κ1) is 17.0. The Morgan fingerprint density at radius 3 is 2.83 bits per heavy atom. The van der Waals surface area contributed by atoms with Gasteiger partial charge in [-0.1, -0.05) is 25.7 Å². The first-order valence-electron chi connectivity index (χ1n) is 8.43. The van der Waals surface area contributed by atoms with E-state index in [9.17, 15) is 4.79 Å². The number of rotatable bonds is 6. The van der Waals surface area contributed by atoms with Gasteiger partial charge in [0.1, 0.15) is 5.03 Å². The van der Waals surface area contributed by atoms with Gasteiger partial charge in [-0.25, -0.2) is 9.97 Å². The van der Waals surface area contributed by atoms with E-state index in [1.54, 1.807) is 12.3 Å². The number of hydrogen-bond acceptors (Lipinski definition) is 5. The van der Waals surface area contributed by atoms with E-state index in [1.165, 1.54) is 37.4 Å². The summed E-state index contributed by atoms with van der Waals surface area (Å²) in [6.07, 6.45) is 9.83. The van der Waals surface area contributed by atoms with Gasteiger partial charge in [-0.2, -0.15) is 0 Å². The van der Waals surface area contributed by atoms with Crippen molar-refractivity contribution in [1.82, 2.24) is 15.3 Å². The van der Waals surface area contributed by atoms with Crippen LogP contribution in [-0.4, -0.2) is 28.7 Å². The van der Waals surface area contributed by atoms with Crippen LogP contribution in [0, 0.1) is 12.8 Å². The standard InChI is InChI=1S/C18H23N3O2S/c1-12-15(17(22)19-10-9-13-6-3-4-7-13)18(24-2)21-16(20-12)14-8-5-11-23-14/h5,8,11,13H,3-4,6-7,9-10H2,1-2H3,(H,19,22). The molecule has 0 radical (unpaired) electrons. The number of nitrogens with zero attached hydrogens (tertiary/aromatic N) is 2. The molecule has 1 aliphatic rings. The molecule has 6 heteroatoms. The molecule has 1 aliphatic carbocycles. The Morgan fingerprint density at radius 1 is 1.38 bits per heavy atom. The van der Waals surface area contributed by atoms with Crippen LogP contribution in [0.4, 0.5) is 0 Å². The maximum atomic E-state index is 12.6. The fourth-order valence-corrected chi connectivity index (χ4v) is 3.87. The van der Waals surface area contributed by atoms with Crippen LogP contribution in [0.15, 0.2) is 27.8 Å². The molecule has 0 aliphatic heterocycles. The monoisotopic (exact) mass is 345 g/mol. The summed E-state index contributed by atoms with van der Waals surface area (Å²) in [5, 5.41) is 3.73. The highest BCUT2D eigenvalue weighted by atomic mass is 32.2. The second-order valence-electron chi connectivity index (χ2n) is 6.19. The molecular formula is C18H23N3O2S. The van der Waals surface area contributed by atoms with Crippen molar-refractivity contribution in [3.8, 4) is 11.6 Å². The van der Waals surface area contributed by atoms with Gasteiger partial charge < -0.3 is 9.73 Å². The third-order valence-corrected chi connectivity index (χ3v) is 5.21. The minimum atomic E-state index is -0.0826. The van der Waals surface area contributed by atoms with Gasteiger partial charge in [0.15, 0.2) is 11.6 Å². The Hall–Kier alpha value is -1.82. The van der Waals surface area contributed by atoms with Crippen LogP contribution in [0.3, 0.4) is 0 Å². The third-order valence-electron chi connectivity index (χ3n) is 4.53. The number of carbonyl (C=O) groups is 1. The predicted octanol–water partition coefficient (Wildman–Crippen LogP) is 4.08. The Balaban J connectivity index is 1.72. The van der Waals surface area contributed by atoms with Gasteiger partial charge in [0.2, 0.25) is 0 Å². The first-order valence-corrected chi connectivity index (χ1v) is 9.66. The maximum Gasteiger partial charge on any atom is 0.255 e. The summed E-state index contributed by atoms with van der Waals surface area (Å²) in [5.41, 5.74) is 1.25. The third kappa shape index (κ3) is 3.80. The van der Waals surface area contributed by atoms with Crippen molar-refractivity contribution in [3.63, 3.8) is 0 Å². The lowest BCUT2D eigenvalue weighted by Gasteiger charge is -2.13. The zero-order chi connectivity index (χ0) is 16.9. The number of hydrogen-bond donors (Lipinski definition) is 1. The summed E-state index contributed by atoms with van der Waals surface area (Å²) >= 11 is 1.45. The number of aromatic nitrogens is 2. The van der Waals surface area contributed by atoms with Crippen molar-refractivity contribution in [2.75, 3.05) is 12.8 Å². The smallest absolute Gasteiger partial charge is 0.255 e. The largest absolute Gasteiger partial charge is 0.461 e. The lowest BCUT2D eigenvalue weighted by atomic mass is 10.0. The highest BCUT2D eigenvalue weighted by Crippen LogP contribution is 2.27. The highest BCUT2D eigenvalue weighted by molar-refractivity contribution is 7.98. The number of carbonyl (C=O) groups excluding carboxylic acids is 1. The summed E-state index contributed by atoms with van der Waals surface area (Å²) < 4.78 is 5.36. The van der Waals surface area contributed by atoms with E-state index >= 15 is 0 Å². The van der Waals surface area contributed by atoms with E-state index in [4.69, 9.17) is 4.42 Å². The van der Waals surface area contributed by atoms with E-state index in [1.807, 2.05) is 19.2 Å². The van der Waals surface area contributed by atoms with Crippen LogP contribution < -0.4 is 5.32 Å². The second kappa shape index (κ2) is 7.83. The molecule has 2 heterocycles. The van der Waals surface area contributed by atoms with Crippen LogP contribution in [0.1, 0.15) is 48.2 Å². The van der Waals surface area contributed by atoms with Crippen LogP contribution in [0.2, 0.25) is 0 Å². The van der Waals surface area contributed by atoms with Crippen molar-refractivity contribution in [1.29, 1.82) is 0 Å². The van der Waals surface area contributed by atoms with E-state index in [-0.39, 0.29) is 5.91 Å². The van der Waals surface area contributed by atoms with Crippen molar-refractivity contribution < 1.29 is 9.21 Å². The van der Waals surface area contributed by atoms with Gasteiger partial charge in [-0.05, 0) is 37.7 Å². The van der Waals surface area contributed by atoms with Crippen molar-refractivity contribution >= 4 is 17.7 Å². The fraction of sp³-hybridized carbons (Fsp3) is 0.500. The van der Waals surface area contributed by atoms with Gasteiger partial charge in [-0.3, -0.25) is 4.79 Å². The van der Waals surface area contributed by atoms with Crippen molar-refractivity contribution in [2.45, 2.75) is 44.1 Å². The number of aryl methyl sites for hydroxylation is 1. The molecule has 1 N–H and O–H groups in total. The summed E-state index contributed by atoms with van der Waals surface area (Å²) in [6, 6.07) is 3.62. The molecule has 1 amide bonds. The van der Waals surface area contributed by atoms with Gasteiger partial charge in [0.05, 0.1) is 17.5 Å². The topological polar surface area (TPSA) is 68.0 Å². The summed E-state index contributed by atoms with van der Waals surface area (Å²) in [7, 11) is 0. The average Bonchev–Trinajstić information content (AvgIpc) is 3.27. The Kier molecular flexibility index (Phi) is 5.56. The van der Waals surface area contributed by atoms with Crippen LogP contribution in [0.5, 0.6) is 0 Å². The van der Waals surface area contributed by atoms with E-state index in [2.05, 4.69) is 15.3 Å². The van der Waals surface area contributed by atoms with Crippen LogP contribution >= 0.6 is 11.8 Å². The molecule has 0 spiro atoms. The number of thioether (sulfide) groups is 1. The number of furan rings is 1. The molecule has 128 valence electrons. The molecule has 2 aromatic heterocycles. The molecule has 0 bridgehead atoms. The Morgan fingerprint density at radius 2 is 2.17 bits per heavy atom. The molecule has 3 rings (SSSR count). The first-order chi connectivity index (χ1) is 11.7. The Labute approximate surface area is 146 Å². The second-order valence-corrected chi connectivity index (χ2v) is 6.98. The quantitative estimate of drug-likeness (QED) is 0.631. The molecule has 5 nitrogen and oxygen atoms in total. The van der Waals surface area contributed by atoms with E-state index in [0.717, 1.165) is 18.9 Å². The van der Waals surface area contributed by atoms with Gasteiger partial charge in [0.25, 0.3) is 5.91 Å². The predicted molar refractivity (Wildman–Crippen MR) is 95.2 cm³/mol. The van der Waals surface area contributed by atoms with Crippen LogP contribution in [-0.2, 0) is 0 Å². The minimum absolute atomic E-state index is 0.0826. The maximum absolute atomic E-state index is 12.6. The molecule has 1 fully saturated rings. The van der Waals surface area contributed by atoms with Crippen molar-refractivity contribution in [3.05, 3.63) is 29.7 Å². The van der Waals surface area contributed by atoms with E-state index < -0.39 is 0 Å². The summed E-state index contributed by atoms with van der Waals surface area (Å²) in [4.78, 5) is 21.5. The SMILES string of the molecule is CSc1nc(-c2ccco2)nc(C)c1C(=O)NCCC1CCCC1. The summed E-state index contributed by atoms with van der Waals surface area (Å²) in [6.45, 7) is 2.57. The normalized spacial score (nSPS) is 14.9. The van der Waals surface area contributed by atoms with Crippen molar-refractivity contribution in [2.24, 2.45) is 5.92 Å². The molecule has 2 aromatic rings. The zero-order valence-corrected chi connectivity index (χ0v) is 15.0. The lowest BCUT2D eigenvalue weighted by Crippen LogP contribution is -2.27. The average molecular weight is 345 g/mol. The van der Waals surface area contributed by atoms with Gasteiger partial charge in [-0.15, -0.1) is 11.8 Å². The van der Waals surface area contributed by atoms with Crippen LogP contribution in [0.25, 0.3) is 11.6 Å². The number of amides is 1. The molecule has 1 saturated carbocycles. The zero-order valence-electron chi connectivity index (χ0n) is 14.2. The van der Waals surface area contributed by atoms with E-state index in [0.29, 0.717) is 27.9 Å². The molecule has 0 aromatic carbocycles.